The lowest BCUT2D eigenvalue weighted by atomic mass is 9.92. The highest BCUT2D eigenvalue weighted by molar-refractivity contribution is 7.32. The Kier molecular flexibility index (Phi) is 5.69. The van der Waals surface area contributed by atoms with Gasteiger partial charge in [0.2, 0.25) is 0 Å². The molecule has 5 N–H and O–H groups in total. The summed E-state index contributed by atoms with van der Waals surface area (Å²) in [5, 5.41) is 20.3. The van der Waals surface area contributed by atoms with Crippen LogP contribution >= 0.6 is 8.25 Å². The fourth-order valence-corrected chi connectivity index (χ4v) is 3.25. The van der Waals surface area contributed by atoms with Gasteiger partial charge >= 0.3 is 13.9 Å². The van der Waals surface area contributed by atoms with E-state index < -0.39 is 49.5 Å². The molecule has 0 aliphatic carbocycles. The molecule has 0 bridgehead atoms. The van der Waals surface area contributed by atoms with Crippen LogP contribution in [0.1, 0.15) is 38.4 Å². The molecule has 134 valence electrons. The van der Waals surface area contributed by atoms with E-state index in [2.05, 4.69) is 4.98 Å². The average Bonchev–Trinajstić information content (AvgIpc) is 2.75. The number of nitrogens with one attached hydrogen (secondary N) is 2. The maximum absolute atomic E-state index is 11.8. The number of aromatic nitrogens is 2. The van der Waals surface area contributed by atoms with Crippen molar-refractivity contribution in [2.45, 2.75) is 56.7 Å². The van der Waals surface area contributed by atoms with Crippen molar-refractivity contribution in [3.05, 3.63) is 32.6 Å². The summed E-state index contributed by atoms with van der Waals surface area (Å²) in [7, 11) is -2.85. The molecule has 1 aliphatic rings. The Morgan fingerprint density at radius 3 is 2.58 bits per heavy atom. The molecule has 1 saturated heterocycles. The van der Waals surface area contributed by atoms with Crippen LogP contribution in [0, 0.1) is 0 Å². The molecule has 1 aromatic heterocycles. The van der Waals surface area contributed by atoms with Gasteiger partial charge in [-0.05, 0) is 13.3 Å². The Labute approximate surface area is 137 Å². The minimum absolute atomic E-state index is 0.0289. The monoisotopic (exact) mass is 363 g/mol. The van der Waals surface area contributed by atoms with Crippen LogP contribution in [0.5, 0.6) is 0 Å². The summed E-state index contributed by atoms with van der Waals surface area (Å²) >= 11 is 0. The van der Waals surface area contributed by atoms with Gasteiger partial charge in [-0.25, -0.2) is 4.79 Å². The summed E-state index contributed by atoms with van der Waals surface area (Å²) in [6.07, 6.45) is -3.28. The second kappa shape index (κ2) is 7.22. The fraction of sp³-hybridized carbons (Fsp3) is 0.692. The minimum Gasteiger partial charge on any atom is -0.388 e. The van der Waals surface area contributed by atoms with Gasteiger partial charge in [-0.15, -0.1) is 9.42 Å². The van der Waals surface area contributed by atoms with Crippen LogP contribution in [0.25, 0.3) is 0 Å². The molecule has 6 atom stereocenters. The molecular weight excluding hydrogens is 343 g/mol. The summed E-state index contributed by atoms with van der Waals surface area (Å²) in [6.45, 7) is 3.32. The van der Waals surface area contributed by atoms with E-state index in [0.29, 0.717) is 6.42 Å². The highest BCUT2D eigenvalue weighted by Gasteiger charge is 2.48. The van der Waals surface area contributed by atoms with Crippen molar-refractivity contribution in [3.63, 3.8) is 0 Å². The van der Waals surface area contributed by atoms with Gasteiger partial charge in [0, 0.05) is 17.2 Å². The maximum Gasteiger partial charge on any atom is 0.695 e. The molecular formula is C13H20N2O8P+. The molecule has 0 amide bonds. The molecule has 11 heteroatoms. The van der Waals surface area contributed by atoms with Gasteiger partial charge in [-0.2, -0.15) is 0 Å². The molecule has 2 heterocycles. The van der Waals surface area contributed by atoms with E-state index in [4.69, 9.17) is 14.2 Å². The third-order valence-electron chi connectivity index (χ3n) is 4.20. The van der Waals surface area contributed by atoms with Crippen molar-refractivity contribution in [2.24, 2.45) is 0 Å². The van der Waals surface area contributed by atoms with Gasteiger partial charge in [0.1, 0.15) is 23.9 Å². The zero-order valence-corrected chi connectivity index (χ0v) is 14.0. The van der Waals surface area contributed by atoms with Gasteiger partial charge in [0.05, 0.1) is 11.7 Å². The van der Waals surface area contributed by atoms with E-state index in [0.717, 1.165) is 6.20 Å². The van der Waals surface area contributed by atoms with Gasteiger partial charge < -0.3 is 19.9 Å². The number of hydrogen-bond acceptors (Lipinski definition) is 7. The Balaban J connectivity index is 2.22. The second-order valence-electron chi connectivity index (χ2n) is 5.94. The lowest BCUT2D eigenvalue weighted by Crippen LogP contribution is -2.38. The van der Waals surface area contributed by atoms with E-state index in [1.54, 1.807) is 13.8 Å². The van der Waals surface area contributed by atoms with Crippen LogP contribution in [0.3, 0.4) is 0 Å². The topological polar surface area (TPSA) is 162 Å². The highest BCUT2D eigenvalue weighted by Crippen LogP contribution is 2.39. The standard InChI is InChI=1S/C13H19N2O8P/c1-3-13(2,23-24(20)21)4-7-8(16)9(17)10(22-7)6-5-14-12(19)15-11(6)18/h5,7-10,16-17H,3-4H2,1-2H3,(H2-,14,15,18,19,20,21)/p+1/t7?,8?,9-,10?,13?/m1/s1. The van der Waals surface area contributed by atoms with Crippen LogP contribution in [0.15, 0.2) is 15.8 Å². The lowest BCUT2D eigenvalue weighted by Gasteiger charge is -2.25. The van der Waals surface area contributed by atoms with Gasteiger partial charge in [0.15, 0.2) is 0 Å². The minimum atomic E-state index is -2.85. The summed E-state index contributed by atoms with van der Waals surface area (Å²) in [4.78, 5) is 36.1. The van der Waals surface area contributed by atoms with Crippen molar-refractivity contribution in [2.75, 3.05) is 0 Å². The molecule has 0 spiro atoms. The molecule has 1 aliphatic heterocycles. The fourth-order valence-electron chi connectivity index (χ4n) is 2.67. The Bertz CT molecular complexity index is 718. The van der Waals surface area contributed by atoms with Crippen LogP contribution < -0.4 is 11.2 Å². The van der Waals surface area contributed by atoms with Crippen molar-refractivity contribution in [1.29, 1.82) is 0 Å². The number of aliphatic hydroxyl groups excluding tert-OH is 2. The van der Waals surface area contributed by atoms with Crippen molar-refractivity contribution in [1.82, 2.24) is 9.97 Å². The largest absolute Gasteiger partial charge is 0.695 e. The summed E-state index contributed by atoms with van der Waals surface area (Å²) in [5.41, 5.74) is -2.52. The predicted octanol–water partition coefficient (Wildman–Crippen LogP) is -0.550. The number of aliphatic hydroxyl groups is 2. The summed E-state index contributed by atoms with van der Waals surface area (Å²) in [6, 6.07) is 0. The molecule has 2 rings (SSSR count). The summed E-state index contributed by atoms with van der Waals surface area (Å²) < 4.78 is 21.5. The van der Waals surface area contributed by atoms with Crippen LogP contribution in [0.4, 0.5) is 0 Å². The zero-order chi connectivity index (χ0) is 18.1. The first-order valence-corrected chi connectivity index (χ1v) is 8.48. The summed E-state index contributed by atoms with van der Waals surface area (Å²) in [5.74, 6) is 0. The number of hydrogen-bond donors (Lipinski definition) is 5. The smallest absolute Gasteiger partial charge is 0.388 e. The van der Waals surface area contributed by atoms with E-state index in [1.165, 1.54) is 0 Å². The first-order valence-electron chi connectivity index (χ1n) is 7.35. The number of ether oxygens (including phenoxy) is 1. The van der Waals surface area contributed by atoms with Crippen molar-refractivity contribution >= 4 is 8.25 Å². The van der Waals surface area contributed by atoms with E-state index in [-0.39, 0.29) is 12.0 Å². The molecule has 0 radical (unpaired) electrons. The SMILES string of the molecule is CCC(C)(CC1OC(c2c[nH]c(=O)[nH]c2=O)[C@H](O)C1O)O[P+](=O)O. The highest BCUT2D eigenvalue weighted by atomic mass is 31.1. The first-order chi connectivity index (χ1) is 11.2. The van der Waals surface area contributed by atoms with Crippen LogP contribution in [0.2, 0.25) is 0 Å². The molecule has 0 aromatic carbocycles. The molecule has 10 nitrogen and oxygen atoms in total. The second-order valence-corrected chi connectivity index (χ2v) is 6.60. The van der Waals surface area contributed by atoms with E-state index in [1.807, 2.05) is 4.98 Å². The Hall–Kier alpha value is -1.42. The zero-order valence-electron chi connectivity index (χ0n) is 13.1. The Morgan fingerprint density at radius 1 is 1.38 bits per heavy atom. The van der Waals surface area contributed by atoms with Crippen LogP contribution in [-0.4, -0.2) is 49.0 Å². The number of rotatable bonds is 6. The molecule has 24 heavy (non-hydrogen) atoms. The lowest BCUT2D eigenvalue weighted by molar-refractivity contribution is -0.0447. The maximum atomic E-state index is 11.8. The van der Waals surface area contributed by atoms with Crippen molar-refractivity contribution < 1.29 is 28.9 Å². The van der Waals surface area contributed by atoms with Crippen molar-refractivity contribution in [3.8, 4) is 0 Å². The number of aromatic amines is 2. The molecule has 1 fully saturated rings. The third-order valence-corrected chi connectivity index (χ3v) is 4.79. The molecule has 1 aromatic rings. The quantitative estimate of drug-likeness (QED) is 0.421. The third kappa shape index (κ3) is 3.97. The molecule has 0 saturated carbocycles. The number of H-pyrrole nitrogens is 2. The van der Waals surface area contributed by atoms with E-state index >= 15 is 0 Å². The van der Waals surface area contributed by atoms with Gasteiger partial charge in [-0.1, -0.05) is 6.92 Å². The van der Waals surface area contributed by atoms with Crippen LogP contribution in [-0.2, 0) is 13.8 Å². The van der Waals surface area contributed by atoms with Gasteiger partial charge in [0.25, 0.3) is 5.56 Å². The van der Waals surface area contributed by atoms with E-state index in [9.17, 15) is 24.4 Å². The first kappa shape index (κ1) is 18.9. The van der Waals surface area contributed by atoms with Gasteiger partial charge in [-0.3, -0.25) is 9.78 Å². The normalized spacial score (nSPS) is 30.1. The Morgan fingerprint density at radius 2 is 2.04 bits per heavy atom. The predicted molar refractivity (Wildman–Crippen MR) is 81.5 cm³/mol. The average molecular weight is 363 g/mol. The molecule has 5 unspecified atom stereocenters.